The van der Waals surface area contributed by atoms with Crippen LogP contribution in [0.2, 0.25) is 0 Å². The number of carbonyl (C=O) groups excluding carboxylic acids is 1. The number of nitrogens with zero attached hydrogens (tertiary/aromatic N) is 1. The first-order chi connectivity index (χ1) is 8.56. The summed E-state index contributed by atoms with van der Waals surface area (Å²) in [6.45, 7) is 4.12. The summed E-state index contributed by atoms with van der Waals surface area (Å²) in [6, 6.07) is 5.35. The fourth-order valence-electron chi connectivity index (χ4n) is 2.28. The van der Waals surface area contributed by atoms with Gasteiger partial charge in [-0.3, -0.25) is 9.69 Å². The molecule has 0 amide bonds. The fraction of sp³-hybridized carbons (Fsp3) is 0.500. The van der Waals surface area contributed by atoms with E-state index in [2.05, 4.69) is 4.90 Å². The van der Waals surface area contributed by atoms with Crippen LogP contribution in [0, 0.1) is 0 Å². The average molecular weight is 248 g/mol. The summed E-state index contributed by atoms with van der Waals surface area (Å²) >= 11 is 0. The van der Waals surface area contributed by atoms with E-state index in [1.54, 1.807) is 18.2 Å². The van der Waals surface area contributed by atoms with E-state index in [4.69, 9.17) is 5.73 Å². The molecule has 1 fully saturated rings. The number of hydrogen-bond acceptors (Lipinski definition) is 4. The molecule has 0 atom stereocenters. The standard InChI is InChI=1S/C14H20N2O2/c1-10(17)11-2-3-14(18)12(8-11)9-16-6-4-13(15)5-7-16/h2-3,8,13,18H,4-7,9,15H2,1H3. The maximum absolute atomic E-state index is 11.3. The monoisotopic (exact) mass is 248 g/mol. The van der Waals surface area contributed by atoms with Crippen molar-refractivity contribution in [1.29, 1.82) is 0 Å². The highest BCUT2D eigenvalue weighted by atomic mass is 16.3. The lowest BCUT2D eigenvalue weighted by molar-refractivity contribution is 0.101. The lowest BCUT2D eigenvalue weighted by Gasteiger charge is -2.30. The van der Waals surface area contributed by atoms with Crippen molar-refractivity contribution in [3.8, 4) is 5.75 Å². The Kier molecular flexibility index (Phi) is 3.99. The Morgan fingerprint density at radius 3 is 2.72 bits per heavy atom. The third-order valence-electron chi connectivity index (χ3n) is 3.51. The van der Waals surface area contributed by atoms with Crippen LogP contribution in [0.25, 0.3) is 0 Å². The number of nitrogens with two attached hydrogens (primary N) is 1. The van der Waals surface area contributed by atoms with Crippen LogP contribution in [0.5, 0.6) is 5.75 Å². The first kappa shape index (κ1) is 13.1. The van der Waals surface area contributed by atoms with Gasteiger partial charge < -0.3 is 10.8 Å². The van der Waals surface area contributed by atoms with E-state index in [-0.39, 0.29) is 11.5 Å². The van der Waals surface area contributed by atoms with Gasteiger partial charge in [0, 0.05) is 23.7 Å². The Morgan fingerprint density at radius 1 is 1.44 bits per heavy atom. The van der Waals surface area contributed by atoms with E-state index in [9.17, 15) is 9.90 Å². The molecule has 98 valence electrons. The van der Waals surface area contributed by atoms with Gasteiger partial charge in [0.2, 0.25) is 0 Å². The van der Waals surface area contributed by atoms with E-state index in [0.717, 1.165) is 31.5 Å². The highest BCUT2D eigenvalue weighted by Crippen LogP contribution is 2.22. The Morgan fingerprint density at radius 2 is 2.11 bits per heavy atom. The average Bonchev–Trinajstić information content (AvgIpc) is 2.34. The van der Waals surface area contributed by atoms with Crippen molar-refractivity contribution in [2.75, 3.05) is 13.1 Å². The van der Waals surface area contributed by atoms with Gasteiger partial charge in [0.15, 0.2) is 5.78 Å². The van der Waals surface area contributed by atoms with E-state index in [0.29, 0.717) is 18.2 Å². The molecule has 4 nitrogen and oxygen atoms in total. The van der Waals surface area contributed by atoms with Crippen molar-refractivity contribution >= 4 is 5.78 Å². The van der Waals surface area contributed by atoms with Crippen molar-refractivity contribution in [3.63, 3.8) is 0 Å². The molecule has 2 rings (SSSR count). The highest BCUT2D eigenvalue weighted by Gasteiger charge is 2.17. The topological polar surface area (TPSA) is 66.6 Å². The fourth-order valence-corrected chi connectivity index (χ4v) is 2.28. The summed E-state index contributed by atoms with van der Waals surface area (Å²) in [5.41, 5.74) is 7.33. The SMILES string of the molecule is CC(=O)c1ccc(O)c(CN2CCC(N)CC2)c1. The van der Waals surface area contributed by atoms with Gasteiger partial charge in [-0.2, -0.15) is 0 Å². The molecule has 1 aromatic carbocycles. The largest absolute Gasteiger partial charge is 0.508 e. The van der Waals surface area contributed by atoms with Gasteiger partial charge in [-0.15, -0.1) is 0 Å². The van der Waals surface area contributed by atoms with Gasteiger partial charge in [0.25, 0.3) is 0 Å². The summed E-state index contributed by atoms with van der Waals surface area (Å²) in [7, 11) is 0. The molecular formula is C14H20N2O2. The van der Waals surface area contributed by atoms with Gasteiger partial charge >= 0.3 is 0 Å². The highest BCUT2D eigenvalue weighted by molar-refractivity contribution is 5.94. The molecule has 0 aromatic heterocycles. The molecular weight excluding hydrogens is 228 g/mol. The summed E-state index contributed by atoms with van der Waals surface area (Å²) in [6.07, 6.45) is 1.99. The smallest absolute Gasteiger partial charge is 0.159 e. The number of Topliss-reactive ketones (excluding diaryl/α,β-unsaturated/α-hetero) is 1. The molecule has 3 N–H and O–H groups in total. The lowest BCUT2D eigenvalue weighted by Crippen LogP contribution is -2.39. The predicted molar refractivity (Wildman–Crippen MR) is 70.6 cm³/mol. The number of likely N-dealkylation sites (tertiary alicyclic amines) is 1. The molecule has 0 spiro atoms. The van der Waals surface area contributed by atoms with Crippen LogP contribution in [0.15, 0.2) is 18.2 Å². The zero-order valence-electron chi connectivity index (χ0n) is 10.7. The number of aromatic hydroxyl groups is 1. The number of ketones is 1. The molecule has 1 heterocycles. The lowest BCUT2D eigenvalue weighted by atomic mass is 10.0. The third kappa shape index (κ3) is 3.09. The van der Waals surface area contributed by atoms with E-state index >= 15 is 0 Å². The Hall–Kier alpha value is -1.39. The van der Waals surface area contributed by atoms with Crippen LogP contribution in [-0.2, 0) is 6.54 Å². The molecule has 4 heteroatoms. The van der Waals surface area contributed by atoms with Crippen LogP contribution in [0.4, 0.5) is 0 Å². The summed E-state index contributed by atoms with van der Waals surface area (Å²) < 4.78 is 0. The second-order valence-corrected chi connectivity index (χ2v) is 5.01. The Labute approximate surface area is 107 Å². The minimum Gasteiger partial charge on any atom is -0.508 e. The number of hydrogen-bond donors (Lipinski definition) is 2. The number of piperidine rings is 1. The minimum atomic E-state index is 0.0249. The van der Waals surface area contributed by atoms with Crippen molar-refractivity contribution < 1.29 is 9.90 Å². The van der Waals surface area contributed by atoms with Crippen LogP contribution < -0.4 is 5.73 Å². The number of rotatable bonds is 3. The zero-order valence-corrected chi connectivity index (χ0v) is 10.7. The van der Waals surface area contributed by atoms with Gasteiger partial charge in [0.1, 0.15) is 5.75 Å². The van der Waals surface area contributed by atoms with E-state index < -0.39 is 0 Å². The summed E-state index contributed by atoms with van der Waals surface area (Å²) in [4.78, 5) is 13.6. The first-order valence-electron chi connectivity index (χ1n) is 6.37. The van der Waals surface area contributed by atoms with Gasteiger partial charge in [-0.05, 0) is 51.1 Å². The van der Waals surface area contributed by atoms with Gasteiger partial charge in [-0.1, -0.05) is 0 Å². The molecule has 18 heavy (non-hydrogen) atoms. The number of carbonyl (C=O) groups is 1. The van der Waals surface area contributed by atoms with Gasteiger partial charge in [-0.25, -0.2) is 0 Å². The molecule has 0 bridgehead atoms. The van der Waals surface area contributed by atoms with E-state index in [1.165, 1.54) is 6.92 Å². The minimum absolute atomic E-state index is 0.0249. The molecule has 0 unspecified atom stereocenters. The number of benzene rings is 1. The second kappa shape index (κ2) is 5.50. The van der Waals surface area contributed by atoms with E-state index in [1.807, 2.05) is 0 Å². The van der Waals surface area contributed by atoms with Crippen molar-refractivity contribution in [2.24, 2.45) is 5.73 Å². The molecule has 0 saturated carbocycles. The van der Waals surface area contributed by atoms with Gasteiger partial charge in [0.05, 0.1) is 0 Å². The van der Waals surface area contributed by atoms with Crippen molar-refractivity contribution in [3.05, 3.63) is 29.3 Å². The van der Waals surface area contributed by atoms with Crippen LogP contribution in [0.3, 0.4) is 0 Å². The Bertz CT molecular complexity index is 437. The normalized spacial score (nSPS) is 17.9. The first-order valence-corrected chi connectivity index (χ1v) is 6.37. The van der Waals surface area contributed by atoms with Crippen LogP contribution >= 0.6 is 0 Å². The summed E-state index contributed by atoms with van der Waals surface area (Å²) in [5, 5.41) is 9.84. The molecule has 1 aromatic rings. The third-order valence-corrected chi connectivity index (χ3v) is 3.51. The maximum Gasteiger partial charge on any atom is 0.159 e. The molecule has 0 aliphatic carbocycles. The molecule has 1 saturated heterocycles. The van der Waals surface area contributed by atoms with Crippen molar-refractivity contribution in [2.45, 2.75) is 32.4 Å². The number of phenolic OH excluding ortho intramolecular Hbond substituents is 1. The number of phenols is 1. The molecule has 1 aliphatic heterocycles. The van der Waals surface area contributed by atoms with Crippen molar-refractivity contribution in [1.82, 2.24) is 4.90 Å². The Balaban J connectivity index is 2.08. The quantitative estimate of drug-likeness (QED) is 0.796. The summed E-state index contributed by atoms with van der Waals surface area (Å²) in [5.74, 6) is 0.284. The zero-order chi connectivity index (χ0) is 13.1. The predicted octanol–water partition coefficient (Wildman–Crippen LogP) is 1.52. The van der Waals surface area contributed by atoms with Crippen LogP contribution in [0.1, 0.15) is 35.7 Å². The maximum atomic E-state index is 11.3. The molecule has 0 radical (unpaired) electrons. The molecule has 1 aliphatic rings. The van der Waals surface area contributed by atoms with Crippen LogP contribution in [-0.4, -0.2) is 34.9 Å². The second-order valence-electron chi connectivity index (χ2n) is 5.01.